The lowest BCUT2D eigenvalue weighted by Gasteiger charge is -2.26. The molecule has 1 aliphatic heterocycles. The molecule has 20 heavy (non-hydrogen) atoms. The molecular weight excluding hydrogens is 258 g/mol. The zero-order chi connectivity index (χ0) is 14.5. The maximum Gasteiger partial charge on any atom is 0.306 e. The Morgan fingerprint density at radius 1 is 1.25 bits per heavy atom. The standard InChI is InChI=1S/C15H25NO4/c1-2-13-12(6-7-20-13)9-16-14(17)10-4-3-5-11(8-10)15(18)19/h10-13H,2-9H2,1H3,(H,16,17)(H,18,19). The Morgan fingerprint density at radius 2 is 2.00 bits per heavy atom. The fourth-order valence-electron chi connectivity index (χ4n) is 3.41. The van der Waals surface area contributed by atoms with Gasteiger partial charge < -0.3 is 15.2 Å². The fourth-order valence-corrected chi connectivity index (χ4v) is 3.41. The number of rotatable bonds is 5. The molecule has 1 amide bonds. The first-order valence-electron chi connectivity index (χ1n) is 7.74. The largest absolute Gasteiger partial charge is 0.481 e. The van der Waals surface area contributed by atoms with Gasteiger partial charge in [0.15, 0.2) is 0 Å². The summed E-state index contributed by atoms with van der Waals surface area (Å²) in [6.07, 6.45) is 5.07. The third-order valence-electron chi connectivity index (χ3n) is 4.68. The monoisotopic (exact) mass is 283 g/mol. The molecule has 0 aromatic heterocycles. The van der Waals surface area contributed by atoms with E-state index in [1.807, 2.05) is 0 Å². The highest BCUT2D eigenvalue weighted by Crippen LogP contribution is 2.29. The van der Waals surface area contributed by atoms with E-state index in [1.54, 1.807) is 0 Å². The van der Waals surface area contributed by atoms with Crippen molar-refractivity contribution in [1.29, 1.82) is 0 Å². The van der Waals surface area contributed by atoms with Gasteiger partial charge >= 0.3 is 5.97 Å². The van der Waals surface area contributed by atoms with E-state index in [2.05, 4.69) is 12.2 Å². The van der Waals surface area contributed by atoms with Gasteiger partial charge in [0.2, 0.25) is 5.91 Å². The number of hydrogen-bond donors (Lipinski definition) is 2. The van der Waals surface area contributed by atoms with Crippen LogP contribution in [0.4, 0.5) is 0 Å². The number of ether oxygens (including phenoxy) is 1. The molecule has 114 valence electrons. The molecule has 1 saturated carbocycles. The lowest BCUT2D eigenvalue weighted by atomic mass is 9.81. The first kappa shape index (κ1) is 15.3. The molecule has 2 fully saturated rings. The average Bonchev–Trinajstić information content (AvgIpc) is 2.92. The van der Waals surface area contributed by atoms with Crippen LogP contribution in [0.25, 0.3) is 0 Å². The number of nitrogens with one attached hydrogen (secondary N) is 1. The summed E-state index contributed by atoms with van der Waals surface area (Å²) >= 11 is 0. The van der Waals surface area contributed by atoms with Crippen molar-refractivity contribution in [1.82, 2.24) is 5.32 Å². The summed E-state index contributed by atoms with van der Waals surface area (Å²) in [5.74, 6) is -0.816. The first-order valence-corrected chi connectivity index (χ1v) is 7.74. The molecule has 4 unspecified atom stereocenters. The van der Waals surface area contributed by atoms with Crippen molar-refractivity contribution in [2.24, 2.45) is 17.8 Å². The Kier molecular flexibility index (Phi) is 5.40. The molecule has 0 aromatic carbocycles. The molecule has 2 aliphatic rings. The molecule has 1 heterocycles. The lowest BCUT2D eigenvalue weighted by molar-refractivity contribution is -0.144. The van der Waals surface area contributed by atoms with Gasteiger partial charge in [-0.2, -0.15) is 0 Å². The quantitative estimate of drug-likeness (QED) is 0.807. The van der Waals surface area contributed by atoms with Crippen molar-refractivity contribution in [2.45, 2.75) is 51.6 Å². The van der Waals surface area contributed by atoms with Gasteiger partial charge in [0.1, 0.15) is 0 Å². The zero-order valence-electron chi connectivity index (χ0n) is 12.1. The van der Waals surface area contributed by atoms with Crippen LogP contribution in [0.5, 0.6) is 0 Å². The predicted octanol–water partition coefficient (Wildman–Crippen LogP) is 1.81. The summed E-state index contributed by atoms with van der Waals surface area (Å²) in [5.41, 5.74) is 0. The molecule has 1 aliphatic carbocycles. The maximum atomic E-state index is 12.2. The van der Waals surface area contributed by atoms with Crippen LogP contribution in [0.3, 0.4) is 0 Å². The Bertz CT molecular complexity index is 358. The Morgan fingerprint density at radius 3 is 2.70 bits per heavy atom. The van der Waals surface area contributed by atoms with Crippen LogP contribution in [0.15, 0.2) is 0 Å². The van der Waals surface area contributed by atoms with Gasteiger partial charge in [0.05, 0.1) is 12.0 Å². The van der Waals surface area contributed by atoms with Crippen molar-refractivity contribution in [3.63, 3.8) is 0 Å². The number of carboxylic acid groups (broad SMARTS) is 1. The second-order valence-electron chi connectivity index (χ2n) is 6.01. The van der Waals surface area contributed by atoms with Crippen LogP contribution in [-0.4, -0.2) is 36.2 Å². The second kappa shape index (κ2) is 7.07. The first-order chi connectivity index (χ1) is 9.61. The normalized spacial score (nSPS) is 33.9. The SMILES string of the molecule is CCC1OCCC1CNC(=O)C1CCCC(C(=O)O)C1. The van der Waals surface area contributed by atoms with Crippen molar-refractivity contribution in [2.75, 3.05) is 13.2 Å². The summed E-state index contributed by atoms with van der Waals surface area (Å²) in [4.78, 5) is 23.2. The highest BCUT2D eigenvalue weighted by molar-refractivity contribution is 5.80. The topological polar surface area (TPSA) is 75.6 Å². The number of aliphatic carboxylic acids is 1. The summed E-state index contributed by atoms with van der Waals surface area (Å²) in [6, 6.07) is 0. The van der Waals surface area contributed by atoms with Crippen molar-refractivity contribution < 1.29 is 19.4 Å². The van der Waals surface area contributed by atoms with E-state index in [1.165, 1.54) is 0 Å². The van der Waals surface area contributed by atoms with Gasteiger partial charge in [0, 0.05) is 25.0 Å². The van der Waals surface area contributed by atoms with Gasteiger partial charge in [-0.05, 0) is 32.1 Å². The van der Waals surface area contributed by atoms with Crippen LogP contribution in [0, 0.1) is 17.8 Å². The maximum absolute atomic E-state index is 12.2. The highest BCUT2D eigenvalue weighted by atomic mass is 16.5. The molecule has 4 atom stereocenters. The van der Waals surface area contributed by atoms with Gasteiger partial charge in [-0.3, -0.25) is 9.59 Å². The molecule has 0 radical (unpaired) electrons. The van der Waals surface area contributed by atoms with Crippen LogP contribution < -0.4 is 5.32 Å². The van der Waals surface area contributed by atoms with Crippen LogP contribution in [0.1, 0.15) is 45.4 Å². The van der Waals surface area contributed by atoms with E-state index in [0.29, 0.717) is 25.3 Å². The van der Waals surface area contributed by atoms with Crippen LogP contribution in [-0.2, 0) is 14.3 Å². The highest BCUT2D eigenvalue weighted by Gasteiger charge is 2.32. The lowest BCUT2D eigenvalue weighted by Crippen LogP contribution is -2.39. The van der Waals surface area contributed by atoms with Gasteiger partial charge in [-0.15, -0.1) is 0 Å². The number of carboxylic acids is 1. The minimum absolute atomic E-state index is 0.0257. The summed E-state index contributed by atoms with van der Waals surface area (Å²) in [7, 11) is 0. The number of carbonyl (C=O) groups is 2. The Hall–Kier alpha value is -1.10. The number of amides is 1. The van der Waals surface area contributed by atoms with Crippen LogP contribution >= 0.6 is 0 Å². The molecule has 5 nitrogen and oxygen atoms in total. The van der Waals surface area contributed by atoms with E-state index in [-0.39, 0.29) is 23.8 Å². The van der Waals surface area contributed by atoms with Gasteiger partial charge in [-0.25, -0.2) is 0 Å². The van der Waals surface area contributed by atoms with Crippen molar-refractivity contribution in [3.8, 4) is 0 Å². The van der Waals surface area contributed by atoms with Crippen molar-refractivity contribution >= 4 is 11.9 Å². The summed E-state index contributed by atoms with van der Waals surface area (Å²) in [6.45, 7) is 3.54. The molecule has 1 saturated heterocycles. The number of carbonyl (C=O) groups excluding carboxylic acids is 1. The molecule has 2 rings (SSSR count). The number of hydrogen-bond acceptors (Lipinski definition) is 3. The average molecular weight is 283 g/mol. The van der Waals surface area contributed by atoms with Gasteiger partial charge in [-0.1, -0.05) is 13.3 Å². The minimum Gasteiger partial charge on any atom is -0.481 e. The van der Waals surface area contributed by atoms with Crippen LogP contribution in [0.2, 0.25) is 0 Å². The van der Waals surface area contributed by atoms with E-state index in [0.717, 1.165) is 32.3 Å². The predicted molar refractivity (Wildman–Crippen MR) is 74.2 cm³/mol. The van der Waals surface area contributed by atoms with Crippen molar-refractivity contribution in [3.05, 3.63) is 0 Å². The van der Waals surface area contributed by atoms with E-state index in [9.17, 15) is 9.59 Å². The molecule has 0 aromatic rings. The van der Waals surface area contributed by atoms with Gasteiger partial charge in [0.25, 0.3) is 0 Å². The Labute approximate surface area is 120 Å². The summed E-state index contributed by atoms with van der Waals surface area (Å²) in [5, 5.41) is 12.1. The van der Waals surface area contributed by atoms with E-state index in [4.69, 9.17) is 9.84 Å². The summed E-state index contributed by atoms with van der Waals surface area (Å²) < 4.78 is 5.61. The zero-order valence-corrected chi connectivity index (χ0v) is 12.1. The third kappa shape index (κ3) is 3.72. The third-order valence-corrected chi connectivity index (χ3v) is 4.68. The molecular formula is C15H25NO4. The molecule has 2 N–H and O–H groups in total. The molecule has 5 heteroatoms. The minimum atomic E-state index is -0.766. The Balaban J connectivity index is 1.78. The molecule has 0 spiro atoms. The fraction of sp³-hybridized carbons (Fsp3) is 0.867. The van der Waals surface area contributed by atoms with E-state index < -0.39 is 5.97 Å². The molecule has 0 bridgehead atoms. The second-order valence-corrected chi connectivity index (χ2v) is 6.01. The van der Waals surface area contributed by atoms with E-state index >= 15 is 0 Å². The smallest absolute Gasteiger partial charge is 0.306 e.